The number of aromatic nitrogens is 2. The molecule has 0 aliphatic carbocycles. The predicted molar refractivity (Wildman–Crippen MR) is 95.2 cm³/mol. The Morgan fingerprint density at radius 2 is 1.80 bits per heavy atom. The second-order valence-corrected chi connectivity index (χ2v) is 6.57. The molecule has 0 unspecified atom stereocenters. The zero-order chi connectivity index (χ0) is 18.3. The number of carbonyl (C=O) groups excluding carboxylic acids is 2. The first kappa shape index (κ1) is 18.5. The van der Waals surface area contributed by atoms with Crippen LogP contribution in [0.4, 0.5) is 4.79 Å². The molecular weight excluding hydrogens is 320 g/mol. The molecular formula is C18H24N4O3. The Labute approximate surface area is 147 Å². The normalized spacial score (nSPS) is 11.0. The number of carbonyl (C=O) groups is 2. The predicted octanol–water partition coefficient (Wildman–Crippen LogP) is 2.72. The van der Waals surface area contributed by atoms with E-state index in [2.05, 4.69) is 20.8 Å². The molecule has 0 saturated heterocycles. The number of hydrogen-bond donors (Lipinski definition) is 3. The molecule has 2 rings (SSSR count). The lowest BCUT2D eigenvalue weighted by atomic mass is 10.1. The van der Waals surface area contributed by atoms with Crippen LogP contribution in [-0.2, 0) is 4.74 Å². The Hall–Kier alpha value is -2.83. The van der Waals surface area contributed by atoms with E-state index in [0.717, 1.165) is 11.3 Å². The van der Waals surface area contributed by atoms with Crippen molar-refractivity contribution in [3.05, 3.63) is 42.1 Å². The fourth-order valence-electron chi connectivity index (χ4n) is 2.08. The van der Waals surface area contributed by atoms with E-state index in [0.29, 0.717) is 25.2 Å². The molecule has 0 fully saturated rings. The van der Waals surface area contributed by atoms with Crippen LogP contribution in [0.3, 0.4) is 0 Å². The number of alkyl carbamates (subject to hydrolysis) is 1. The number of aromatic amines is 1. The van der Waals surface area contributed by atoms with Crippen LogP contribution in [0.5, 0.6) is 0 Å². The summed E-state index contributed by atoms with van der Waals surface area (Å²) < 4.78 is 5.13. The summed E-state index contributed by atoms with van der Waals surface area (Å²) in [4.78, 5) is 23.6. The molecule has 2 aromatic rings. The van der Waals surface area contributed by atoms with E-state index in [1.807, 2.05) is 30.3 Å². The molecule has 2 amide bonds. The molecule has 25 heavy (non-hydrogen) atoms. The monoisotopic (exact) mass is 344 g/mol. The second kappa shape index (κ2) is 8.32. The van der Waals surface area contributed by atoms with Gasteiger partial charge in [0.25, 0.3) is 5.91 Å². The summed E-state index contributed by atoms with van der Waals surface area (Å²) in [6, 6.07) is 11.3. The zero-order valence-electron chi connectivity index (χ0n) is 14.8. The summed E-state index contributed by atoms with van der Waals surface area (Å²) in [5.41, 5.74) is 1.55. The lowest BCUT2D eigenvalue weighted by Crippen LogP contribution is -2.34. The number of nitrogens with one attached hydrogen (secondary N) is 3. The standard InChI is InChI=1S/C18H24N4O3/c1-18(2,3)25-17(24)20-11-7-10-19-16(23)15-12-14(21-22-15)13-8-5-4-6-9-13/h4-6,8-9,12H,7,10-11H2,1-3H3,(H,19,23)(H,20,24)(H,21,22). The van der Waals surface area contributed by atoms with Crippen molar-refractivity contribution in [1.29, 1.82) is 0 Å². The van der Waals surface area contributed by atoms with E-state index in [1.54, 1.807) is 26.8 Å². The van der Waals surface area contributed by atoms with E-state index >= 15 is 0 Å². The highest BCUT2D eigenvalue weighted by Crippen LogP contribution is 2.16. The van der Waals surface area contributed by atoms with Gasteiger partial charge in [-0.1, -0.05) is 30.3 Å². The van der Waals surface area contributed by atoms with Crippen LogP contribution in [0.1, 0.15) is 37.7 Å². The first-order valence-electron chi connectivity index (χ1n) is 8.21. The average Bonchev–Trinajstić information content (AvgIpc) is 3.03. The van der Waals surface area contributed by atoms with E-state index in [-0.39, 0.29) is 5.91 Å². The molecule has 0 atom stereocenters. The molecule has 0 bridgehead atoms. The summed E-state index contributed by atoms with van der Waals surface area (Å²) in [6.07, 6.45) is 0.143. The highest BCUT2D eigenvalue weighted by Gasteiger charge is 2.15. The maximum Gasteiger partial charge on any atom is 0.407 e. The lowest BCUT2D eigenvalue weighted by molar-refractivity contribution is 0.0527. The second-order valence-electron chi connectivity index (χ2n) is 6.57. The number of rotatable bonds is 6. The smallest absolute Gasteiger partial charge is 0.407 e. The van der Waals surface area contributed by atoms with Gasteiger partial charge in [-0.05, 0) is 33.3 Å². The van der Waals surface area contributed by atoms with Crippen molar-refractivity contribution in [1.82, 2.24) is 20.8 Å². The first-order chi connectivity index (χ1) is 11.8. The van der Waals surface area contributed by atoms with Gasteiger partial charge in [0.2, 0.25) is 0 Å². The molecule has 0 radical (unpaired) electrons. The summed E-state index contributed by atoms with van der Waals surface area (Å²) in [7, 11) is 0. The van der Waals surface area contributed by atoms with Gasteiger partial charge in [-0.3, -0.25) is 9.89 Å². The first-order valence-corrected chi connectivity index (χ1v) is 8.21. The Bertz CT molecular complexity index is 705. The molecule has 1 heterocycles. The average molecular weight is 344 g/mol. The van der Waals surface area contributed by atoms with E-state index < -0.39 is 11.7 Å². The summed E-state index contributed by atoms with van der Waals surface area (Å²) in [6.45, 7) is 6.28. The maximum atomic E-state index is 12.1. The molecule has 134 valence electrons. The summed E-state index contributed by atoms with van der Waals surface area (Å²) in [5.74, 6) is -0.230. The van der Waals surface area contributed by atoms with Crippen molar-refractivity contribution >= 4 is 12.0 Å². The van der Waals surface area contributed by atoms with E-state index in [9.17, 15) is 9.59 Å². The van der Waals surface area contributed by atoms with E-state index in [4.69, 9.17) is 4.74 Å². The minimum absolute atomic E-state index is 0.230. The molecule has 1 aromatic heterocycles. The van der Waals surface area contributed by atoms with Crippen molar-refractivity contribution in [3.63, 3.8) is 0 Å². The van der Waals surface area contributed by atoms with Gasteiger partial charge in [0.1, 0.15) is 11.3 Å². The van der Waals surface area contributed by atoms with Crippen molar-refractivity contribution in [2.75, 3.05) is 13.1 Å². The SMILES string of the molecule is CC(C)(C)OC(=O)NCCCNC(=O)c1cc(-c2ccccc2)n[nH]1. The molecule has 0 aliphatic heterocycles. The minimum Gasteiger partial charge on any atom is -0.444 e. The Balaban J connectivity index is 1.71. The van der Waals surface area contributed by atoms with Crippen LogP contribution < -0.4 is 10.6 Å². The third kappa shape index (κ3) is 6.29. The van der Waals surface area contributed by atoms with Crippen LogP contribution in [-0.4, -0.2) is 40.9 Å². The van der Waals surface area contributed by atoms with Gasteiger partial charge in [0, 0.05) is 18.7 Å². The van der Waals surface area contributed by atoms with Crippen molar-refractivity contribution in [2.45, 2.75) is 32.8 Å². The van der Waals surface area contributed by atoms with Crippen molar-refractivity contribution in [2.24, 2.45) is 0 Å². The molecule has 0 aliphatic rings. The number of hydrogen-bond acceptors (Lipinski definition) is 4. The maximum absolute atomic E-state index is 12.1. The summed E-state index contributed by atoms with van der Waals surface area (Å²) in [5, 5.41) is 12.3. The van der Waals surface area contributed by atoms with Gasteiger partial charge in [0.05, 0.1) is 5.69 Å². The fourth-order valence-corrected chi connectivity index (χ4v) is 2.08. The highest BCUT2D eigenvalue weighted by molar-refractivity contribution is 5.93. The Kier molecular flexibility index (Phi) is 6.16. The number of ether oxygens (including phenoxy) is 1. The molecule has 0 spiro atoms. The van der Waals surface area contributed by atoms with Crippen molar-refractivity contribution in [3.8, 4) is 11.3 Å². The number of nitrogens with zero attached hydrogens (tertiary/aromatic N) is 1. The van der Waals surface area contributed by atoms with Gasteiger partial charge in [-0.25, -0.2) is 4.79 Å². The van der Waals surface area contributed by atoms with Gasteiger partial charge in [-0.15, -0.1) is 0 Å². The molecule has 0 saturated carbocycles. The molecule has 1 aromatic carbocycles. The van der Waals surface area contributed by atoms with Gasteiger partial charge in [0.15, 0.2) is 0 Å². The van der Waals surface area contributed by atoms with Crippen LogP contribution in [0.15, 0.2) is 36.4 Å². The van der Waals surface area contributed by atoms with Crippen LogP contribution in [0.2, 0.25) is 0 Å². The quantitative estimate of drug-likeness (QED) is 0.702. The Morgan fingerprint density at radius 1 is 1.12 bits per heavy atom. The van der Waals surface area contributed by atoms with Crippen LogP contribution in [0.25, 0.3) is 11.3 Å². The minimum atomic E-state index is -0.518. The zero-order valence-corrected chi connectivity index (χ0v) is 14.8. The molecule has 7 nitrogen and oxygen atoms in total. The number of H-pyrrole nitrogens is 1. The summed E-state index contributed by atoms with van der Waals surface area (Å²) >= 11 is 0. The third-order valence-electron chi connectivity index (χ3n) is 3.20. The third-order valence-corrected chi connectivity index (χ3v) is 3.20. The largest absolute Gasteiger partial charge is 0.444 e. The molecule has 3 N–H and O–H groups in total. The van der Waals surface area contributed by atoms with E-state index in [1.165, 1.54) is 0 Å². The van der Waals surface area contributed by atoms with Gasteiger partial charge < -0.3 is 15.4 Å². The molecule has 7 heteroatoms. The number of benzene rings is 1. The van der Waals surface area contributed by atoms with Gasteiger partial charge >= 0.3 is 6.09 Å². The topological polar surface area (TPSA) is 96.1 Å². The Morgan fingerprint density at radius 3 is 2.48 bits per heavy atom. The highest BCUT2D eigenvalue weighted by atomic mass is 16.6. The van der Waals surface area contributed by atoms with Crippen LogP contribution in [0, 0.1) is 0 Å². The van der Waals surface area contributed by atoms with Gasteiger partial charge in [-0.2, -0.15) is 5.10 Å². The number of amides is 2. The van der Waals surface area contributed by atoms with Crippen LogP contribution >= 0.6 is 0 Å². The fraction of sp³-hybridized carbons (Fsp3) is 0.389. The lowest BCUT2D eigenvalue weighted by Gasteiger charge is -2.19. The van der Waals surface area contributed by atoms with Crippen molar-refractivity contribution < 1.29 is 14.3 Å².